The van der Waals surface area contributed by atoms with Gasteiger partial charge in [0.2, 0.25) is 5.91 Å². The summed E-state index contributed by atoms with van der Waals surface area (Å²) in [6, 6.07) is 10.0. The highest BCUT2D eigenvalue weighted by molar-refractivity contribution is 6.30. The highest BCUT2D eigenvalue weighted by Crippen LogP contribution is 2.48. The zero-order valence-electron chi connectivity index (χ0n) is 12.9. The van der Waals surface area contributed by atoms with Crippen LogP contribution in [-0.2, 0) is 10.2 Å². The van der Waals surface area contributed by atoms with Crippen molar-refractivity contribution in [1.29, 1.82) is 0 Å². The molecular weight excluding hydrogens is 310 g/mol. The molecule has 2 saturated carbocycles. The van der Waals surface area contributed by atoms with Crippen LogP contribution in [0.2, 0.25) is 5.02 Å². The number of anilines is 1. The summed E-state index contributed by atoms with van der Waals surface area (Å²) in [5, 5.41) is 11.1. The van der Waals surface area contributed by atoms with E-state index in [1.54, 1.807) is 0 Å². The molecule has 0 saturated heterocycles. The van der Waals surface area contributed by atoms with Gasteiger partial charge in [-0.15, -0.1) is 0 Å². The van der Waals surface area contributed by atoms with Crippen molar-refractivity contribution in [3.05, 3.63) is 46.6 Å². The maximum atomic E-state index is 11.9. The van der Waals surface area contributed by atoms with E-state index in [1.165, 1.54) is 24.8 Å². The van der Waals surface area contributed by atoms with Crippen LogP contribution in [0, 0.1) is 5.92 Å². The molecule has 0 spiro atoms. The van der Waals surface area contributed by atoms with Crippen LogP contribution in [0.5, 0.6) is 0 Å². The van der Waals surface area contributed by atoms with Crippen LogP contribution in [0.4, 0.5) is 5.82 Å². The lowest BCUT2D eigenvalue weighted by atomic mass is 9.62. The molecule has 120 valence electrons. The van der Waals surface area contributed by atoms with Crippen molar-refractivity contribution in [3.63, 3.8) is 0 Å². The van der Waals surface area contributed by atoms with E-state index in [2.05, 4.69) is 27.6 Å². The minimum absolute atomic E-state index is 0.0168. The largest absolute Gasteiger partial charge is 0.309 e. The molecule has 0 unspecified atom stereocenters. The van der Waals surface area contributed by atoms with E-state index >= 15 is 0 Å². The van der Waals surface area contributed by atoms with Gasteiger partial charge in [0, 0.05) is 28.6 Å². The monoisotopic (exact) mass is 329 g/mol. The first kappa shape index (κ1) is 14.8. The number of nitrogens with zero attached hydrogens (tertiary/aromatic N) is 1. The van der Waals surface area contributed by atoms with Crippen LogP contribution in [0.3, 0.4) is 0 Å². The van der Waals surface area contributed by atoms with Crippen molar-refractivity contribution in [2.24, 2.45) is 5.92 Å². The van der Waals surface area contributed by atoms with Gasteiger partial charge in [-0.05, 0) is 49.3 Å². The Labute approximate surface area is 140 Å². The maximum Gasteiger partial charge on any atom is 0.225 e. The van der Waals surface area contributed by atoms with Crippen molar-refractivity contribution in [1.82, 2.24) is 10.2 Å². The van der Waals surface area contributed by atoms with Crippen molar-refractivity contribution in [3.8, 4) is 0 Å². The highest BCUT2D eigenvalue weighted by Gasteiger charge is 2.42. The van der Waals surface area contributed by atoms with Gasteiger partial charge in [-0.1, -0.05) is 30.2 Å². The lowest BCUT2D eigenvalue weighted by Crippen LogP contribution is -2.35. The zero-order chi connectivity index (χ0) is 15.9. The summed E-state index contributed by atoms with van der Waals surface area (Å²) in [7, 11) is 0. The fourth-order valence-corrected chi connectivity index (χ4v) is 3.55. The Balaban J connectivity index is 1.54. The van der Waals surface area contributed by atoms with Gasteiger partial charge in [0.25, 0.3) is 0 Å². The lowest BCUT2D eigenvalue weighted by Gasteiger charge is -2.41. The molecule has 0 aliphatic heterocycles. The predicted octanol–water partition coefficient (Wildman–Crippen LogP) is 4.27. The van der Waals surface area contributed by atoms with Crippen molar-refractivity contribution >= 4 is 23.3 Å². The summed E-state index contributed by atoms with van der Waals surface area (Å²) >= 11 is 6.01. The van der Waals surface area contributed by atoms with Crippen LogP contribution >= 0.6 is 11.6 Å². The Morgan fingerprint density at radius 1 is 1.30 bits per heavy atom. The summed E-state index contributed by atoms with van der Waals surface area (Å²) in [6.07, 6.45) is 6.35. The number of rotatable bonds is 5. The summed E-state index contributed by atoms with van der Waals surface area (Å²) in [5.74, 6) is 1.28. The molecule has 0 bridgehead atoms. The summed E-state index contributed by atoms with van der Waals surface area (Å²) < 4.78 is 0. The molecule has 2 aliphatic rings. The average Bonchev–Trinajstić information content (AvgIpc) is 3.17. The fourth-order valence-electron chi connectivity index (χ4n) is 3.42. The third kappa shape index (κ3) is 2.88. The minimum Gasteiger partial charge on any atom is -0.309 e. The Hall–Kier alpha value is -1.81. The average molecular weight is 330 g/mol. The third-order valence-electron chi connectivity index (χ3n) is 5.14. The standard InChI is InChI=1S/C18H20ClN3O/c19-14-6-4-13(5-7-14)18(8-1-9-18)15-11-16(22-21-15)20-17(23)10-12-2-3-12/h4-7,11-12H,1-3,8-10H2,(H2,20,21,22,23). The molecule has 4 rings (SSSR count). The van der Waals surface area contributed by atoms with Gasteiger partial charge in [-0.2, -0.15) is 5.10 Å². The second-order valence-electron chi connectivity index (χ2n) is 6.81. The molecule has 1 aromatic carbocycles. The molecule has 2 aromatic rings. The molecule has 5 heteroatoms. The van der Waals surface area contributed by atoms with E-state index in [9.17, 15) is 4.79 Å². The topological polar surface area (TPSA) is 57.8 Å². The molecule has 0 radical (unpaired) electrons. The van der Waals surface area contributed by atoms with Crippen molar-refractivity contribution in [2.75, 3.05) is 5.32 Å². The molecule has 1 aromatic heterocycles. The number of hydrogen-bond acceptors (Lipinski definition) is 2. The second-order valence-corrected chi connectivity index (χ2v) is 7.24. The van der Waals surface area contributed by atoms with Crippen LogP contribution in [0.25, 0.3) is 0 Å². The molecule has 1 heterocycles. The van der Waals surface area contributed by atoms with Gasteiger partial charge in [0.1, 0.15) is 0 Å². The first-order chi connectivity index (χ1) is 11.2. The van der Waals surface area contributed by atoms with Gasteiger partial charge in [0.05, 0.1) is 0 Å². The smallest absolute Gasteiger partial charge is 0.225 e. The minimum atomic E-state index is -0.0168. The number of amides is 1. The molecule has 0 atom stereocenters. The first-order valence-corrected chi connectivity index (χ1v) is 8.65. The van der Waals surface area contributed by atoms with E-state index in [4.69, 9.17) is 11.6 Å². The van der Waals surface area contributed by atoms with E-state index in [0.29, 0.717) is 18.2 Å². The van der Waals surface area contributed by atoms with Crippen molar-refractivity contribution in [2.45, 2.75) is 43.9 Å². The number of carbonyl (C=O) groups is 1. The molecule has 2 fully saturated rings. The van der Waals surface area contributed by atoms with Crippen LogP contribution in [0.15, 0.2) is 30.3 Å². The normalized spacial score (nSPS) is 19.2. The molecular formula is C18H20ClN3O. The number of benzene rings is 1. The highest BCUT2D eigenvalue weighted by atomic mass is 35.5. The van der Waals surface area contributed by atoms with E-state index < -0.39 is 0 Å². The number of carbonyl (C=O) groups excluding carboxylic acids is 1. The van der Waals surface area contributed by atoms with Crippen LogP contribution in [-0.4, -0.2) is 16.1 Å². The number of nitrogens with one attached hydrogen (secondary N) is 2. The Morgan fingerprint density at radius 3 is 2.65 bits per heavy atom. The number of H-pyrrole nitrogens is 1. The van der Waals surface area contributed by atoms with Gasteiger partial charge in [0.15, 0.2) is 5.82 Å². The quantitative estimate of drug-likeness (QED) is 0.860. The fraction of sp³-hybridized carbons (Fsp3) is 0.444. The predicted molar refractivity (Wildman–Crippen MR) is 90.6 cm³/mol. The number of halogens is 1. The van der Waals surface area contributed by atoms with Gasteiger partial charge in [-0.25, -0.2) is 0 Å². The Morgan fingerprint density at radius 2 is 2.04 bits per heavy atom. The van der Waals surface area contributed by atoms with Crippen molar-refractivity contribution < 1.29 is 4.79 Å². The summed E-state index contributed by atoms with van der Waals surface area (Å²) in [5.41, 5.74) is 2.32. The number of hydrogen-bond donors (Lipinski definition) is 2. The summed E-state index contributed by atoms with van der Waals surface area (Å²) in [6.45, 7) is 0. The van der Waals surface area contributed by atoms with Crippen LogP contribution < -0.4 is 5.32 Å². The van der Waals surface area contributed by atoms with Gasteiger partial charge in [-0.3, -0.25) is 9.89 Å². The van der Waals surface area contributed by atoms with E-state index in [1.807, 2.05) is 18.2 Å². The maximum absolute atomic E-state index is 11.9. The third-order valence-corrected chi connectivity index (χ3v) is 5.39. The first-order valence-electron chi connectivity index (χ1n) is 8.27. The van der Waals surface area contributed by atoms with E-state index in [-0.39, 0.29) is 11.3 Å². The molecule has 23 heavy (non-hydrogen) atoms. The van der Waals surface area contributed by atoms with E-state index in [0.717, 1.165) is 23.6 Å². The molecule has 1 amide bonds. The van der Waals surface area contributed by atoms with Crippen LogP contribution in [0.1, 0.15) is 49.8 Å². The second kappa shape index (κ2) is 5.68. The Kier molecular flexibility index (Phi) is 3.64. The molecule has 4 nitrogen and oxygen atoms in total. The molecule has 2 N–H and O–H groups in total. The van der Waals surface area contributed by atoms with Gasteiger partial charge >= 0.3 is 0 Å². The zero-order valence-corrected chi connectivity index (χ0v) is 13.7. The number of aromatic amines is 1. The lowest BCUT2D eigenvalue weighted by molar-refractivity contribution is -0.116. The molecule has 2 aliphatic carbocycles. The number of aromatic nitrogens is 2. The van der Waals surface area contributed by atoms with Gasteiger partial charge < -0.3 is 5.32 Å². The SMILES string of the molecule is O=C(CC1CC1)Nc1cc(C2(c3ccc(Cl)cc3)CCC2)[nH]n1. The Bertz CT molecular complexity index is 714. The summed E-state index contributed by atoms with van der Waals surface area (Å²) in [4.78, 5) is 11.9.